The van der Waals surface area contributed by atoms with Gasteiger partial charge >= 0.3 is 5.69 Å². The Morgan fingerprint density at radius 1 is 1.04 bits per heavy atom. The summed E-state index contributed by atoms with van der Waals surface area (Å²) in [6.07, 6.45) is 1.94. The number of aromatic nitrogens is 2. The molecular weight excluding hydrogens is 346 g/mol. The van der Waals surface area contributed by atoms with E-state index in [4.69, 9.17) is 4.74 Å². The predicted molar refractivity (Wildman–Crippen MR) is 101 cm³/mol. The van der Waals surface area contributed by atoms with Gasteiger partial charge in [0.2, 0.25) is 0 Å². The normalized spacial score (nSPS) is 18.6. The van der Waals surface area contributed by atoms with Crippen LogP contribution in [0.15, 0.2) is 45.1 Å². The summed E-state index contributed by atoms with van der Waals surface area (Å²) >= 11 is 0. The van der Waals surface area contributed by atoms with Gasteiger partial charge in [-0.2, -0.15) is 0 Å². The molecule has 0 saturated heterocycles. The van der Waals surface area contributed by atoms with Gasteiger partial charge in [0.05, 0.1) is 12.7 Å². The van der Waals surface area contributed by atoms with Gasteiger partial charge in [0.15, 0.2) is 5.78 Å². The van der Waals surface area contributed by atoms with Crippen molar-refractivity contribution in [3.05, 3.63) is 67.5 Å². The van der Waals surface area contributed by atoms with E-state index in [1.807, 2.05) is 24.3 Å². The van der Waals surface area contributed by atoms with Gasteiger partial charge in [0.25, 0.3) is 5.56 Å². The van der Waals surface area contributed by atoms with Crippen LogP contribution in [0.2, 0.25) is 0 Å². The van der Waals surface area contributed by atoms with Crippen LogP contribution < -0.4 is 21.3 Å². The van der Waals surface area contributed by atoms with Crippen molar-refractivity contribution in [1.82, 2.24) is 9.13 Å². The van der Waals surface area contributed by atoms with Crippen molar-refractivity contribution in [2.45, 2.75) is 25.2 Å². The molecule has 2 aromatic rings. The van der Waals surface area contributed by atoms with Crippen LogP contribution in [0.3, 0.4) is 0 Å². The molecule has 7 heteroatoms. The van der Waals surface area contributed by atoms with E-state index in [2.05, 4.69) is 5.32 Å². The Balaban J connectivity index is 2.04. The van der Waals surface area contributed by atoms with Crippen LogP contribution in [0.25, 0.3) is 0 Å². The minimum Gasteiger partial charge on any atom is -0.497 e. The maximum absolute atomic E-state index is 13.0. The summed E-state index contributed by atoms with van der Waals surface area (Å²) in [5.41, 5.74) is 1.92. The van der Waals surface area contributed by atoms with Gasteiger partial charge in [-0.15, -0.1) is 0 Å². The van der Waals surface area contributed by atoms with E-state index in [0.29, 0.717) is 29.1 Å². The number of hydrogen-bond donors (Lipinski definition) is 1. The molecule has 1 N–H and O–H groups in total. The van der Waals surface area contributed by atoms with Crippen molar-refractivity contribution in [2.24, 2.45) is 14.1 Å². The fourth-order valence-corrected chi connectivity index (χ4v) is 4.03. The van der Waals surface area contributed by atoms with Crippen LogP contribution in [-0.2, 0) is 18.9 Å². The van der Waals surface area contributed by atoms with E-state index in [1.54, 1.807) is 14.2 Å². The van der Waals surface area contributed by atoms with Gasteiger partial charge in [-0.1, -0.05) is 12.1 Å². The molecule has 4 rings (SSSR count). The second-order valence-corrected chi connectivity index (χ2v) is 6.97. The van der Waals surface area contributed by atoms with E-state index in [9.17, 15) is 14.4 Å². The molecule has 2 aliphatic rings. The summed E-state index contributed by atoms with van der Waals surface area (Å²) in [5, 5.41) is 3.21. The fraction of sp³-hybridized carbons (Fsp3) is 0.350. The zero-order valence-electron chi connectivity index (χ0n) is 15.5. The Labute approximate surface area is 155 Å². The molecule has 0 unspecified atom stereocenters. The minimum atomic E-state index is -0.500. The van der Waals surface area contributed by atoms with Crippen molar-refractivity contribution < 1.29 is 9.53 Å². The number of benzene rings is 1. The van der Waals surface area contributed by atoms with Gasteiger partial charge in [-0.25, -0.2) is 4.79 Å². The number of ketones is 1. The zero-order chi connectivity index (χ0) is 19.3. The summed E-state index contributed by atoms with van der Waals surface area (Å²) in [7, 11) is 4.68. The number of methoxy groups -OCH3 is 1. The topological polar surface area (TPSA) is 82.3 Å². The lowest BCUT2D eigenvalue weighted by atomic mass is 9.76. The monoisotopic (exact) mass is 367 g/mol. The second kappa shape index (κ2) is 6.26. The molecule has 27 heavy (non-hydrogen) atoms. The molecule has 0 spiro atoms. The number of rotatable bonds is 2. The highest BCUT2D eigenvalue weighted by Crippen LogP contribution is 2.43. The van der Waals surface area contributed by atoms with Gasteiger partial charge < -0.3 is 10.1 Å². The average Bonchev–Trinajstić information content (AvgIpc) is 2.69. The van der Waals surface area contributed by atoms with Gasteiger partial charge in [0.1, 0.15) is 11.6 Å². The Morgan fingerprint density at radius 2 is 1.74 bits per heavy atom. The van der Waals surface area contributed by atoms with Crippen molar-refractivity contribution >= 4 is 11.6 Å². The molecule has 1 aromatic heterocycles. The van der Waals surface area contributed by atoms with E-state index >= 15 is 0 Å². The predicted octanol–water partition coefficient (Wildman–Crippen LogP) is 1.66. The van der Waals surface area contributed by atoms with Gasteiger partial charge in [-0.3, -0.25) is 18.7 Å². The minimum absolute atomic E-state index is 0.0473. The first-order valence-electron chi connectivity index (χ1n) is 8.91. The van der Waals surface area contributed by atoms with Crippen LogP contribution in [0, 0.1) is 0 Å². The molecule has 2 heterocycles. The Kier molecular flexibility index (Phi) is 4.02. The van der Waals surface area contributed by atoms with Crippen LogP contribution in [0.1, 0.15) is 36.3 Å². The maximum Gasteiger partial charge on any atom is 0.332 e. The number of ether oxygens (including phenoxy) is 1. The second-order valence-electron chi connectivity index (χ2n) is 6.97. The van der Waals surface area contributed by atoms with Gasteiger partial charge in [0, 0.05) is 37.7 Å². The standard InChI is InChI=1S/C20H21N3O4/c1-22-18-17(19(25)23(2)20(22)26)15(11-7-9-12(27-3)10-8-11)16-13(21-18)5-4-6-14(16)24/h7-10,15,21H,4-6H2,1-3H3/t15-/m1/s1. The number of nitrogens with zero attached hydrogens (tertiary/aromatic N) is 2. The van der Waals surface area contributed by atoms with E-state index in [-0.39, 0.29) is 11.3 Å². The number of anilines is 1. The molecule has 140 valence electrons. The van der Waals surface area contributed by atoms with Crippen molar-refractivity contribution in [2.75, 3.05) is 12.4 Å². The lowest BCUT2D eigenvalue weighted by Crippen LogP contribution is -2.44. The molecule has 0 fully saturated rings. The summed E-state index contributed by atoms with van der Waals surface area (Å²) < 4.78 is 7.76. The van der Waals surface area contributed by atoms with Gasteiger partial charge in [-0.05, 0) is 30.5 Å². The molecule has 1 aliphatic carbocycles. The molecule has 1 aliphatic heterocycles. The molecule has 0 saturated carbocycles. The number of hydrogen-bond acceptors (Lipinski definition) is 5. The lowest BCUT2D eigenvalue weighted by molar-refractivity contribution is -0.116. The lowest BCUT2D eigenvalue weighted by Gasteiger charge is -2.34. The van der Waals surface area contributed by atoms with Crippen LogP contribution in [0.5, 0.6) is 5.75 Å². The molecular formula is C20H21N3O4. The Bertz CT molecular complexity index is 1090. The van der Waals surface area contributed by atoms with E-state index in [0.717, 1.165) is 28.7 Å². The van der Waals surface area contributed by atoms with Crippen LogP contribution in [0.4, 0.5) is 5.82 Å². The summed E-state index contributed by atoms with van der Waals surface area (Å²) in [4.78, 5) is 38.2. The first-order chi connectivity index (χ1) is 12.9. The quantitative estimate of drug-likeness (QED) is 0.873. The average molecular weight is 367 g/mol. The summed E-state index contributed by atoms with van der Waals surface area (Å²) in [6, 6.07) is 7.37. The SMILES string of the molecule is COc1ccc([C@@H]2C3=C(CCCC3=O)Nc3c2c(=O)n(C)c(=O)n3C)cc1. The first kappa shape index (κ1) is 17.3. The first-order valence-corrected chi connectivity index (χ1v) is 8.91. The van der Waals surface area contributed by atoms with E-state index < -0.39 is 11.6 Å². The van der Waals surface area contributed by atoms with Crippen LogP contribution in [-0.4, -0.2) is 22.0 Å². The highest BCUT2D eigenvalue weighted by molar-refractivity contribution is 6.00. The maximum atomic E-state index is 13.0. The number of nitrogens with one attached hydrogen (secondary N) is 1. The highest BCUT2D eigenvalue weighted by Gasteiger charge is 2.38. The van der Waals surface area contributed by atoms with Crippen molar-refractivity contribution in [3.63, 3.8) is 0 Å². The number of carbonyl (C=O) groups excluding carboxylic acids is 1. The zero-order valence-corrected chi connectivity index (χ0v) is 15.5. The molecule has 7 nitrogen and oxygen atoms in total. The van der Waals surface area contributed by atoms with Crippen molar-refractivity contribution in [1.29, 1.82) is 0 Å². The smallest absolute Gasteiger partial charge is 0.332 e. The number of allylic oxidation sites excluding steroid dienone is 2. The number of fused-ring (bicyclic) bond motifs is 1. The van der Waals surface area contributed by atoms with E-state index in [1.165, 1.54) is 11.6 Å². The third-order valence-corrected chi connectivity index (χ3v) is 5.45. The number of Topliss-reactive ketones (excluding diaryl/α,β-unsaturated/α-hetero) is 1. The molecule has 0 bridgehead atoms. The largest absolute Gasteiger partial charge is 0.497 e. The molecule has 1 atom stereocenters. The molecule has 0 amide bonds. The number of carbonyl (C=O) groups is 1. The Hall–Kier alpha value is -3.09. The van der Waals surface area contributed by atoms with Crippen LogP contribution >= 0.6 is 0 Å². The van der Waals surface area contributed by atoms with Crippen molar-refractivity contribution in [3.8, 4) is 5.75 Å². The fourth-order valence-electron chi connectivity index (χ4n) is 4.03. The highest BCUT2D eigenvalue weighted by atomic mass is 16.5. The summed E-state index contributed by atoms with van der Waals surface area (Å²) in [6.45, 7) is 0. The summed E-state index contributed by atoms with van der Waals surface area (Å²) in [5.74, 6) is 0.717. The third-order valence-electron chi connectivity index (χ3n) is 5.45. The molecule has 1 aromatic carbocycles. The molecule has 0 radical (unpaired) electrons. The Morgan fingerprint density at radius 3 is 2.41 bits per heavy atom. The third kappa shape index (κ3) is 2.53.